The van der Waals surface area contributed by atoms with Crippen LogP contribution in [0.25, 0.3) is 0 Å². The van der Waals surface area contributed by atoms with Crippen LogP contribution in [0.2, 0.25) is 0 Å². The Morgan fingerprint density at radius 1 is 1.42 bits per heavy atom. The zero-order chi connectivity index (χ0) is 8.97. The average Bonchev–Trinajstić information content (AvgIpc) is 2.09. The van der Waals surface area contributed by atoms with Gasteiger partial charge in [-0.3, -0.25) is 4.79 Å². The van der Waals surface area contributed by atoms with Crippen molar-refractivity contribution in [2.24, 2.45) is 0 Å². The van der Waals surface area contributed by atoms with Gasteiger partial charge in [-0.1, -0.05) is 12.1 Å². The molecule has 0 saturated heterocycles. The van der Waals surface area contributed by atoms with E-state index in [2.05, 4.69) is 0 Å². The van der Waals surface area contributed by atoms with Crippen LogP contribution in [0.5, 0.6) is 5.75 Å². The molecule has 1 rings (SSSR count). The van der Waals surface area contributed by atoms with E-state index in [-0.39, 0.29) is 17.9 Å². The molecule has 0 aromatic heterocycles. The number of para-hydroxylation sites is 1. The number of phenolic OH excluding ortho intramolecular Hbond substituents is 1. The van der Waals surface area contributed by atoms with Gasteiger partial charge in [0.05, 0.1) is 5.56 Å². The summed E-state index contributed by atoms with van der Waals surface area (Å²) in [7, 11) is 0. The third-order valence-electron chi connectivity index (χ3n) is 1.66. The summed E-state index contributed by atoms with van der Waals surface area (Å²) in [6.45, 7) is -0.0319. The van der Waals surface area contributed by atoms with Crippen molar-refractivity contribution < 1.29 is 15.0 Å². The maximum absolute atomic E-state index is 10.4. The standard InChI is InChI=1S/C9H10O3/c10-5-4-7-2-1-3-8(6-11)9(7)12/h1-3,6,10,12H,4-5H2. The molecule has 0 atom stereocenters. The minimum atomic E-state index is -0.0319. The van der Waals surface area contributed by atoms with E-state index in [9.17, 15) is 9.90 Å². The molecule has 12 heavy (non-hydrogen) atoms. The normalized spacial score (nSPS) is 9.75. The lowest BCUT2D eigenvalue weighted by Crippen LogP contribution is -1.93. The minimum Gasteiger partial charge on any atom is -0.507 e. The topological polar surface area (TPSA) is 57.5 Å². The van der Waals surface area contributed by atoms with Crippen molar-refractivity contribution in [1.82, 2.24) is 0 Å². The van der Waals surface area contributed by atoms with Gasteiger partial charge in [0.2, 0.25) is 0 Å². The van der Waals surface area contributed by atoms with Crippen LogP contribution in [0.4, 0.5) is 0 Å². The Hall–Kier alpha value is -1.35. The van der Waals surface area contributed by atoms with Crippen molar-refractivity contribution in [3.63, 3.8) is 0 Å². The lowest BCUT2D eigenvalue weighted by molar-refractivity contribution is 0.112. The molecular formula is C9H10O3. The third kappa shape index (κ3) is 1.62. The molecule has 64 valence electrons. The van der Waals surface area contributed by atoms with Gasteiger partial charge in [0.25, 0.3) is 0 Å². The molecule has 0 spiro atoms. The molecular weight excluding hydrogens is 156 g/mol. The lowest BCUT2D eigenvalue weighted by Gasteiger charge is -2.03. The first-order chi connectivity index (χ1) is 5.79. The van der Waals surface area contributed by atoms with Gasteiger partial charge in [0.15, 0.2) is 6.29 Å². The monoisotopic (exact) mass is 166 g/mol. The first-order valence-corrected chi connectivity index (χ1v) is 3.66. The Labute approximate surface area is 70.3 Å². The first-order valence-electron chi connectivity index (χ1n) is 3.66. The number of benzene rings is 1. The van der Waals surface area contributed by atoms with Gasteiger partial charge in [-0.2, -0.15) is 0 Å². The molecule has 0 aliphatic rings. The molecule has 2 N–H and O–H groups in total. The molecule has 1 aromatic rings. The van der Waals surface area contributed by atoms with Crippen LogP contribution in [0, 0.1) is 0 Å². The summed E-state index contributed by atoms with van der Waals surface area (Å²) in [5, 5.41) is 18.0. The summed E-state index contributed by atoms with van der Waals surface area (Å²) >= 11 is 0. The number of aromatic hydroxyl groups is 1. The summed E-state index contributed by atoms with van der Waals surface area (Å²) in [6, 6.07) is 4.89. The van der Waals surface area contributed by atoms with Gasteiger partial charge in [-0.25, -0.2) is 0 Å². The highest BCUT2D eigenvalue weighted by Crippen LogP contribution is 2.20. The molecule has 1 aromatic carbocycles. The molecule has 0 fully saturated rings. The van der Waals surface area contributed by atoms with Crippen molar-refractivity contribution in [2.45, 2.75) is 6.42 Å². The molecule has 0 unspecified atom stereocenters. The molecule has 3 nitrogen and oxygen atoms in total. The van der Waals surface area contributed by atoms with Gasteiger partial charge >= 0.3 is 0 Å². The van der Waals surface area contributed by atoms with Crippen LogP contribution in [0.3, 0.4) is 0 Å². The quantitative estimate of drug-likeness (QED) is 0.651. The Morgan fingerprint density at radius 2 is 2.17 bits per heavy atom. The van der Waals surface area contributed by atoms with Crippen LogP contribution in [0.1, 0.15) is 15.9 Å². The second kappa shape index (κ2) is 3.88. The van der Waals surface area contributed by atoms with E-state index in [0.717, 1.165) is 0 Å². The number of aliphatic hydroxyl groups excluding tert-OH is 1. The van der Waals surface area contributed by atoms with Crippen molar-refractivity contribution in [3.05, 3.63) is 29.3 Å². The largest absolute Gasteiger partial charge is 0.507 e. The number of phenols is 1. The van der Waals surface area contributed by atoms with E-state index in [1.165, 1.54) is 6.07 Å². The van der Waals surface area contributed by atoms with Crippen LogP contribution in [-0.4, -0.2) is 23.1 Å². The molecule has 0 bridgehead atoms. The predicted molar refractivity (Wildman–Crippen MR) is 44.3 cm³/mol. The Bertz CT molecular complexity index is 281. The number of carbonyl (C=O) groups excluding carboxylic acids is 1. The third-order valence-corrected chi connectivity index (χ3v) is 1.66. The number of hydrogen-bond donors (Lipinski definition) is 2. The van der Waals surface area contributed by atoms with Crippen molar-refractivity contribution in [2.75, 3.05) is 6.61 Å². The van der Waals surface area contributed by atoms with Gasteiger partial charge in [-0.15, -0.1) is 0 Å². The van der Waals surface area contributed by atoms with Crippen molar-refractivity contribution >= 4 is 6.29 Å². The maximum atomic E-state index is 10.4. The summed E-state index contributed by atoms with van der Waals surface area (Å²) < 4.78 is 0. The van der Waals surface area contributed by atoms with Crippen molar-refractivity contribution in [3.8, 4) is 5.75 Å². The molecule has 0 saturated carbocycles. The fraction of sp³-hybridized carbons (Fsp3) is 0.222. The van der Waals surface area contributed by atoms with Crippen LogP contribution in [-0.2, 0) is 6.42 Å². The fourth-order valence-electron chi connectivity index (χ4n) is 1.03. The van der Waals surface area contributed by atoms with Gasteiger partial charge < -0.3 is 10.2 Å². The van der Waals surface area contributed by atoms with Gasteiger partial charge in [-0.05, 0) is 18.1 Å². The molecule has 0 aliphatic carbocycles. The summed E-state index contributed by atoms with van der Waals surface area (Å²) in [4.78, 5) is 10.4. The predicted octanol–water partition coefficient (Wildman–Crippen LogP) is 0.739. The Morgan fingerprint density at radius 3 is 2.75 bits per heavy atom. The first kappa shape index (κ1) is 8.74. The second-order valence-corrected chi connectivity index (χ2v) is 2.45. The molecule has 0 heterocycles. The number of aldehydes is 1. The van der Waals surface area contributed by atoms with E-state index < -0.39 is 0 Å². The zero-order valence-electron chi connectivity index (χ0n) is 6.53. The Balaban J connectivity index is 3.04. The second-order valence-electron chi connectivity index (χ2n) is 2.45. The fourth-order valence-corrected chi connectivity index (χ4v) is 1.03. The van der Waals surface area contributed by atoms with E-state index in [0.29, 0.717) is 18.3 Å². The van der Waals surface area contributed by atoms with Crippen LogP contribution < -0.4 is 0 Å². The molecule has 0 aliphatic heterocycles. The van der Waals surface area contributed by atoms with Crippen LogP contribution >= 0.6 is 0 Å². The van der Waals surface area contributed by atoms with Crippen molar-refractivity contribution in [1.29, 1.82) is 0 Å². The lowest BCUT2D eigenvalue weighted by atomic mass is 10.1. The summed E-state index contributed by atoms with van der Waals surface area (Å²) in [6.07, 6.45) is 0.962. The molecule has 3 heteroatoms. The van der Waals surface area contributed by atoms with E-state index in [4.69, 9.17) is 5.11 Å². The number of rotatable bonds is 3. The van der Waals surface area contributed by atoms with E-state index >= 15 is 0 Å². The van der Waals surface area contributed by atoms with E-state index in [1.807, 2.05) is 0 Å². The van der Waals surface area contributed by atoms with E-state index in [1.54, 1.807) is 12.1 Å². The number of hydrogen-bond acceptors (Lipinski definition) is 3. The highest BCUT2D eigenvalue weighted by molar-refractivity contribution is 5.79. The van der Waals surface area contributed by atoms with Gasteiger partial charge in [0, 0.05) is 6.61 Å². The molecule has 0 radical (unpaired) electrons. The maximum Gasteiger partial charge on any atom is 0.153 e. The number of aliphatic hydroxyl groups is 1. The smallest absolute Gasteiger partial charge is 0.153 e. The highest BCUT2D eigenvalue weighted by Gasteiger charge is 2.04. The van der Waals surface area contributed by atoms with Gasteiger partial charge in [0.1, 0.15) is 5.75 Å². The Kier molecular flexibility index (Phi) is 2.82. The zero-order valence-corrected chi connectivity index (χ0v) is 6.53. The minimum absolute atomic E-state index is 0.0263. The highest BCUT2D eigenvalue weighted by atomic mass is 16.3. The SMILES string of the molecule is O=Cc1cccc(CCO)c1O. The number of carbonyl (C=O) groups is 1. The summed E-state index contributed by atoms with van der Waals surface area (Å²) in [5.74, 6) is -0.0263. The summed E-state index contributed by atoms with van der Waals surface area (Å²) in [5.41, 5.74) is 0.864. The molecule has 0 amide bonds. The average molecular weight is 166 g/mol. The van der Waals surface area contributed by atoms with Crippen LogP contribution in [0.15, 0.2) is 18.2 Å².